The Bertz CT molecular complexity index is 748. The van der Waals surface area contributed by atoms with E-state index in [1.54, 1.807) is 35.2 Å². The number of hydrogen-bond acceptors (Lipinski definition) is 3. The lowest BCUT2D eigenvalue weighted by atomic mass is 10.0. The van der Waals surface area contributed by atoms with Crippen molar-refractivity contribution in [2.45, 2.75) is 32.3 Å². The molecule has 0 radical (unpaired) electrons. The number of hydrogen-bond donors (Lipinski definition) is 1. The Morgan fingerprint density at radius 1 is 1.25 bits per heavy atom. The highest BCUT2D eigenvalue weighted by Crippen LogP contribution is 2.36. The minimum absolute atomic E-state index is 0.106. The van der Waals surface area contributed by atoms with E-state index in [1.807, 2.05) is 0 Å². The van der Waals surface area contributed by atoms with E-state index >= 15 is 0 Å². The largest absolute Gasteiger partial charge is 0.478 e. The molecule has 0 saturated carbocycles. The maximum atomic E-state index is 13.4. The Morgan fingerprint density at radius 2 is 2.08 bits per heavy atom. The van der Waals surface area contributed by atoms with Gasteiger partial charge in [0.25, 0.3) is 5.91 Å². The quantitative estimate of drug-likeness (QED) is 0.854. The van der Waals surface area contributed by atoms with Gasteiger partial charge in [0.05, 0.1) is 5.69 Å². The van der Waals surface area contributed by atoms with E-state index in [1.165, 1.54) is 12.1 Å². The molecule has 4 nitrogen and oxygen atoms in total. The van der Waals surface area contributed by atoms with Crippen LogP contribution in [0.5, 0.6) is 5.75 Å². The molecule has 1 atom stereocenters. The van der Waals surface area contributed by atoms with Crippen molar-refractivity contribution in [3.63, 3.8) is 0 Å². The molecular weight excluding hydrogens is 307 g/mol. The van der Waals surface area contributed by atoms with Crippen LogP contribution in [-0.2, 0) is 11.2 Å². The molecule has 24 heavy (non-hydrogen) atoms. The summed E-state index contributed by atoms with van der Waals surface area (Å²) < 4.78 is 19.3. The van der Waals surface area contributed by atoms with Gasteiger partial charge in [0.1, 0.15) is 11.6 Å². The van der Waals surface area contributed by atoms with Crippen molar-refractivity contribution in [3.05, 3.63) is 53.8 Å². The summed E-state index contributed by atoms with van der Waals surface area (Å²) in [4.78, 5) is 14.6. The van der Waals surface area contributed by atoms with Gasteiger partial charge in [-0.3, -0.25) is 4.79 Å². The summed E-state index contributed by atoms with van der Waals surface area (Å²) in [5.74, 6) is 0.221. The number of anilines is 2. The number of rotatable bonds is 5. The van der Waals surface area contributed by atoms with Gasteiger partial charge in [0.2, 0.25) is 0 Å². The number of benzene rings is 2. The van der Waals surface area contributed by atoms with E-state index in [2.05, 4.69) is 6.92 Å². The second-order valence-electron chi connectivity index (χ2n) is 6.01. The lowest BCUT2D eigenvalue weighted by molar-refractivity contribution is -0.126. The van der Waals surface area contributed by atoms with Crippen molar-refractivity contribution in [2.24, 2.45) is 0 Å². The van der Waals surface area contributed by atoms with Crippen LogP contribution in [0.15, 0.2) is 42.5 Å². The molecule has 2 N–H and O–H groups in total. The highest BCUT2D eigenvalue weighted by atomic mass is 19.1. The Hall–Kier alpha value is -2.56. The first kappa shape index (κ1) is 16.3. The number of nitrogens with zero attached hydrogens (tertiary/aromatic N) is 1. The number of ether oxygens (including phenoxy) is 1. The van der Waals surface area contributed by atoms with Crippen molar-refractivity contribution in [1.29, 1.82) is 0 Å². The monoisotopic (exact) mass is 328 g/mol. The predicted octanol–water partition coefficient (Wildman–Crippen LogP) is 3.54. The number of halogens is 1. The van der Waals surface area contributed by atoms with Crippen LogP contribution in [0.3, 0.4) is 0 Å². The second kappa shape index (κ2) is 6.91. The molecule has 1 amide bonds. The zero-order valence-electron chi connectivity index (χ0n) is 13.7. The van der Waals surface area contributed by atoms with E-state index in [-0.39, 0.29) is 11.7 Å². The average Bonchev–Trinajstić information content (AvgIpc) is 2.55. The molecular formula is C19H21FN2O2. The molecule has 1 unspecified atom stereocenters. The lowest BCUT2D eigenvalue weighted by Crippen LogP contribution is -2.47. The fourth-order valence-corrected chi connectivity index (χ4v) is 2.90. The minimum Gasteiger partial charge on any atom is -0.478 e. The summed E-state index contributed by atoms with van der Waals surface area (Å²) in [5, 5.41) is 0. The van der Waals surface area contributed by atoms with Crippen LogP contribution < -0.4 is 15.4 Å². The fraction of sp³-hybridized carbons (Fsp3) is 0.316. The highest BCUT2D eigenvalue weighted by Gasteiger charge is 2.34. The number of carbonyl (C=O) groups excluding carboxylic acids is 1. The Balaban J connectivity index is 1.89. The van der Waals surface area contributed by atoms with Gasteiger partial charge >= 0.3 is 0 Å². The van der Waals surface area contributed by atoms with E-state index in [0.29, 0.717) is 30.1 Å². The predicted molar refractivity (Wildman–Crippen MR) is 92.6 cm³/mol. The first-order chi connectivity index (χ1) is 11.6. The van der Waals surface area contributed by atoms with Crippen LogP contribution in [0, 0.1) is 5.82 Å². The van der Waals surface area contributed by atoms with Crippen LogP contribution in [0.25, 0.3) is 0 Å². The maximum absolute atomic E-state index is 13.4. The molecule has 0 fully saturated rings. The third kappa shape index (κ3) is 3.35. The summed E-state index contributed by atoms with van der Waals surface area (Å²) in [6.45, 7) is 2.70. The third-order valence-electron chi connectivity index (χ3n) is 4.13. The Morgan fingerprint density at radius 3 is 2.83 bits per heavy atom. The number of amides is 1. The molecule has 1 aliphatic rings. The topological polar surface area (TPSA) is 55.6 Å². The zero-order valence-corrected chi connectivity index (χ0v) is 13.7. The van der Waals surface area contributed by atoms with Crippen molar-refractivity contribution in [2.75, 3.05) is 17.2 Å². The standard InChI is InChI=1S/C19H21FN2O2/c1-2-3-9-22-16-12-15(21)7-8-17(16)24-18(19(22)23)11-13-5-4-6-14(20)10-13/h4-8,10,12,18H,2-3,9,11,21H2,1H3. The van der Waals surface area contributed by atoms with Gasteiger partial charge in [0.15, 0.2) is 6.10 Å². The van der Waals surface area contributed by atoms with Gasteiger partial charge < -0.3 is 15.4 Å². The number of unbranched alkanes of at least 4 members (excludes halogenated alkanes) is 1. The minimum atomic E-state index is -0.653. The van der Waals surface area contributed by atoms with Crippen LogP contribution in [0.4, 0.5) is 15.8 Å². The van der Waals surface area contributed by atoms with E-state index in [9.17, 15) is 9.18 Å². The molecule has 3 rings (SSSR count). The van der Waals surface area contributed by atoms with Gasteiger partial charge in [-0.2, -0.15) is 0 Å². The van der Waals surface area contributed by atoms with Crippen LogP contribution in [0.2, 0.25) is 0 Å². The molecule has 0 aliphatic carbocycles. The normalized spacial score (nSPS) is 16.7. The van der Waals surface area contributed by atoms with Crippen molar-refractivity contribution < 1.29 is 13.9 Å². The van der Waals surface area contributed by atoms with Gasteiger partial charge in [-0.25, -0.2) is 4.39 Å². The molecule has 0 saturated heterocycles. The van der Waals surface area contributed by atoms with Gasteiger partial charge in [-0.1, -0.05) is 25.5 Å². The second-order valence-corrected chi connectivity index (χ2v) is 6.01. The first-order valence-corrected chi connectivity index (χ1v) is 8.20. The molecule has 2 aromatic carbocycles. The first-order valence-electron chi connectivity index (χ1n) is 8.20. The zero-order chi connectivity index (χ0) is 17.1. The average molecular weight is 328 g/mol. The molecule has 0 bridgehead atoms. The number of nitrogens with two attached hydrogens (primary N) is 1. The number of nitrogen functional groups attached to an aromatic ring is 1. The van der Waals surface area contributed by atoms with Gasteiger partial charge in [0, 0.05) is 18.7 Å². The fourth-order valence-electron chi connectivity index (χ4n) is 2.90. The SMILES string of the molecule is CCCCN1C(=O)C(Cc2cccc(F)c2)Oc2ccc(N)cc21. The van der Waals surface area contributed by atoms with Crippen molar-refractivity contribution in [1.82, 2.24) is 0 Å². The summed E-state index contributed by atoms with van der Waals surface area (Å²) in [5.41, 5.74) is 7.90. The number of carbonyl (C=O) groups is 1. The van der Waals surface area contributed by atoms with E-state index in [4.69, 9.17) is 10.5 Å². The summed E-state index contributed by atoms with van der Waals surface area (Å²) >= 11 is 0. The highest BCUT2D eigenvalue weighted by molar-refractivity contribution is 6.00. The molecule has 126 valence electrons. The maximum Gasteiger partial charge on any atom is 0.268 e. The molecule has 2 aromatic rings. The van der Waals surface area contributed by atoms with Gasteiger partial charge in [-0.05, 0) is 42.3 Å². The van der Waals surface area contributed by atoms with E-state index < -0.39 is 6.10 Å². The van der Waals surface area contributed by atoms with Crippen LogP contribution in [0.1, 0.15) is 25.3 Å². The summed E-state index contributed by atoms with van der Waals surface area (Å²) in [7, 11) is 0. The molecule has 1 aliphatic heterocycles. The van der Waals surface area contributed by atoms with Crippen molar-refractivity contribution in [3.8, 4) is 5.75 Å². The smallest absolute Gasteiger partial charge is 0.268 e. The Labute approximate surface area is 141 Å². The lowest BCUT2D eigenvalue weighted by Gasteiger charge is -2.34. The number of fused-ring (bicyclic) bond motifs is 1. The molecule has 1 heterocycles. The molecule has 0 spiro atoms. The van der Waals surface area contributed by atoms with Gasteiger partial charge in [-0.15, -0.1) is 0 Å². The van der Waals surface area contributed by atoms with E-state index in [0.717, 1.165) is 18.4 Å². The Kier molecular flexibility index (Phi) is 4.69. The van der Waals surface area contributed by atoms with Crippen LogP contribution in [-0.4, -0.2) is 18.6 Å². The molecule has 5 heteroatoms. The van der Waals surface area contributed by atoms with Crippen molar-refractivity contribution >= 4 is 17.3 Å². The van der Waals surface area contributed by atoms with Crippen LogP contribution >= 0.6 is 0 Å². The summed E-state index contributed by atoms with van der Waals surface area (Å²) in [6, 6.07) is 11.6. The molecule has 0 aromatic heterocycles. The summed E-state index contributed by atoms with van der Waals surface area (Å²) in [6.07, 6.45) is 1.56. The third-order valence-corrected chi connectivity index (χ3v) is 4.13.